The van der Waals surface area contributed by atoms with Crippen molar-refractivity contribution in [1.82, 2.24) is 0 Å². The van der Waals surface area contributed by atoms with Gasteiger partial charge in [-0.3, -0.25) is 4.79 Å². The van der Waals surface area contributed by atoms with E-state index in [1.54, 1.807) is 36.4 Å². The van der Waals surface area contributed by atoms with E-state index in [0.717, 1.165) is 5.75 Å². The summed E-state index contributed by atoms with van der Waals surface area (Å²) in [6.45, 7) is 0.199. The molecule has 0 heterocycles. The van der Waals surface area contributed by atoms with Crippen molar-refractivity contribution in [3.05, 3.63) is 96.1 Å². The molecule has 3 aromatic carbocycles. The Balaban J connectivity index is 1.39. The SMILES string of the molecule is O=C(COc1ccc(C(=O)c2ccccc2)cc1)OCCOc1ccccc1. The van der Waals surface area contributed by atoms with Gasteiger partial charge in [0.25, 0.3) is 0 Å². The lowest BCUT2D eigenvalue weighted by Crippen LogP contribution is -2.18. The maximum absolute atomic E-state index is 12.3. The normalized spacial score (nSPS) is 10.1. The zero-order valence-electron chi connectivity index (χ0n) is 15.2. The van der Waals surface area contributed by atoms with Crippen LogP contribution in [0.4, 0.5) is 0 Å². The number of benzene rings is 3. The van der Waals surface area contributed by atoms with Crippen LogP contribution in [0, 0.1) is 0 Å². The van der Waals surface area contributed by atoms with Crippen LogP contribution in [-0.4, -0.2) is 31.6 Å². The summed E-state index contributed by atoms with van der Waals surface area (Å²) in [4.78, 5) is 24.1. The minimum absolute atomic E-state index is 0.0648. The van der Waals surface area contributed by atoms with Crippen LogP contribution in [0.25, 0.3) is 0 Å². The molecule has 5 nitrogen and oxygen atoms in total. The number of carbonyl (C=O) groups is 2. The summed E-state index contributed by atoms with van der Waals surface area (Å²) in [5.41, 5.74) is 1.18. The number of ketones is 1. The van der Waals surface area contributed by atoms with Crippen molar-refractivity contribution in [2.24, 2.45) is 0 Å². The first kappa shape index (κ1) is 19.2. The molecule has 0 N–H and O–H groups in total. The third kappa shape index (κ3) is 5.71. The molecule has 0 atom stereocenters. The maximum Gasteiger partial charge on any atom is 0.344 e. The minimum Gasteiger partial charge on any atom is -0.490 e. The summed E-state index contributed by atoms with van der Waals surface area (Å²) < 4.78 is 15.9. The molecule has 142 valence electrons. The number of carbonyl (C=O) groups excluding carboxylic acids is 2. The van der Waals surface area contributed by atoms with E-state index in [4.69, 9.17) is 14.2 Å². The van der Waals surface area contributed by atoms with Crippen LogP contribution >= 0.6 is 0 Å². The highest BCUT2D eigenvalue weighted by atomic mass is 16.6. The molecule has 0 saturated carbocycles. The summed E-state index contributed by atoms with van der Waals surface area (Å²) in [5.74, 6) is 0.660. The molecule has 0 spiro atoms. The van der Waals surface area contributed by atoms with E-state index in [2.05, 4.69) is 0 Å². The third-order valence-corrected chi connectivity index (χ3v) is 3.87. The molecule has 0 radical (unpaired) electrons. The van der Waals surface area contributed by atoms with E-state index < -0.39 is 5.97 Å². The first-order valence-corrected chi connectivity index (χ1v) is 8.88. The lowest BCUT2D eigenvalue weighted by atomic mass is 10.0. The molecule has 0 amide bonds. The van der Waals surface area contributed by atoms with Gasteiger partial charge in [-0.1, -0.05) is 48.5 Å². The fourth-order valence-corrected chi connectivity index (χ4v) is 2.47. The summed E-state index contributed by atoms with van der Waals surface area (Å²) in [5, 5.41) is 0. The molecule has 3 rings (SSSR count). The van der Waals surface area contributed by atoms with Crippen LogP contribution in [0.1, 0.15) is 15.9 Å². The Hall–Kier alpha value is -3.60. The van der Waals surface area contributed by atoms with E-state index in [1.165, 1.54) is 0 Å². The van der Waals surface area contributed by atoms with E-state index >= 15 is 0 Å². The van der Waals surface area contributed by atoms with Gasteiger partial charge in [-0.2, -0.15) is 0 Å². The maximum atomic E-state index is 12.3. The molecule has 3 aromatic rings. The first-order chi connectivity index (χ1) is 13.7. The molecule has 0 fully saturated rings. The highest BCUT2D eigenvalue weighted by molar-refractivity contribution is 6.08. The number of hydrogen-bond donors (Lipinski definition) is 0. The van der Waals surface area contributed by atoms with Gasteiger partial charge in [0, 0.05) is 11.1 Å². The Morgan fingerprint density at radius 2 is 1.18 bits per heavy atom. The van der Waals surface area contributed by atoms with Crippen LogP contribution in [0.2, 0.25) is 0 Å². The fourth-order valence-electron chi connectivity index (χ4n) is 2.47. The Morgan fingerprint density at radius 1 is 0.607 bits per heavy atom. The van der Waals surface area contributed by atoms with Gasteiger partial charge in [0.15, 0.2) is 12.4 Å². The quantitative estimate of drug-likeness (QED) is 0.322. The van der Waals surface area contributed by atoms with Crippen molar-refractivity contribution in [2.45, 2.75) is 0 Å². The number of rotatable bonds is 9. The van der Waals surface area contributed by atoms with E-state index in [1.807, 2.05) is 48.5 Å². The molecule has 0 aliphatic heterocycles. The number of ether oxygens (including phenoxy) is 3. The Kier molecular flexibility index (Phi) is 6.79. The van der Waals surface area contributed by atoms with Crippen molar-refractivity contribution in [3.8, 4) is 11.5 Å². The lowest BCUT2D eigenvalue weighted by molar-refractivity contribution is -0.146. The lowest BCUT2D eigenvalue weighted by Gasteiger charge is -2.09. The monoisotopic (exact) mass is 376 g/mol. The van der Waals surface area contributed by atoms with Gasteiger partial charge < -0.3 is 14.2 Å². The topological polar surface area (TPSA) is 61.8 Å². The molecule has 0 aliphatic rings. The van der Waals surface area contributed by atoms with Gasteiger partial charge >= 0.3 is 5.97 Å². The first-order valence-electron chi connectivity index (χ1n) is 8.88. The summed E-state index contributed by atoms with van der Waals surface area (Å²) in [6, 6.07) is 25.0. The number of hydrogen-bond acceptors (Lipinski definition) is 5. The average molecular weight is 376 g/mol. The number of esters is 1. The summed E-state index contributed by atoms with van der Waals surface area (Å²) in [7, 11) is 0. The van der Waals surface area contributed by atoms with Gasteiger partial charge in [-0.15, -0.1) is 0 Å². The van der Waals surface area contributed by atoms with Crippen LogP contribution < -0.4 is 9.47 Å². The molecule has 0 bridgehead atoms. The van der Waals surface area contributed by atoms with Gasteiger partial charge in [0.1, 0.15) is 24.7 Å². The van der Waals surface area contributed by atoms with Crippen molar-refractivity contribution in [1.29, 1.82) is 0 Å². The molecular formula is C23H20O5. The van der Waals surface area contributed by atoms with Crippen LogP contribution in [0.3, 0.4) is 0 Å². The van der Waals surface area contributed by atoms with Crippen molar-refractivity contribution in [2.75, 3.05) is 19.8 Å². The molecule has 0 saturated heterocycles. The zero-order valence-corrected chi connectivity index (χ0v) is 15.2. The third-order valence-electron chi connectivity index (χ3n) is 3.87. The zero-order chi connectivity index (χ0) is 19.6. The van der Waals surface area contributed by atoms with Crippen LogP contribution in [-0.2, 0) is 9.53 Å². The van der Waals surface area contributed by atoms with Gasteiger partial charge in [-0.05, 0) is 36.4 Å². The summed E-state index contributed by atoms with van der Waals surface area (Å²) >= 11 is 0. The van der Waals surface area contributed by atoms with Crippen molar-refractivity contribution >= 4 is 11.8 Å². The van der Waals surface area contributed by atoms with Crippen molar-refractivity contribution in [3.63, 3.8) is 0 Å². The van der Waals surface area contributed by atoms with E-state index in [0.29, 0.717) is 16.9 Å². The Morgan fingerprint density at radius 3 is 1.86 bits per heavy atom. The van der Waals surface area contributed by atoms with Gasteiger partial charge in [-0.25, -0.2) is 4.79 Å². The predicted molar refractivity (Wildman–Crippen MR) is 105 cm³/mol. The minimum atomic E-state index is -0.485. The largest absolute Gasteiger partial charge is 0.490 e. The predicted octanol–water partition coefficient (Wildman–Crippen LogP) is 3.92. The number of para-hydroxylation sites is 1. The Bertz CT molecular complexity index is 889. The fraction of sp³-hybridized carbons (Fsp3) is 0.130. The van der Waals surface area contributed by atoms with Crippen LogP contribution in [0.5, 0.6) is 11.5 Å². The van der Waals surface area contributed by atoms with E-state index in [9.17, 15) is 9.59 Å². The molecule has 5 heteroatoms. The van der Waals surface area contributed by atoms with Gasteiger partial charge in [0.2, 0.25) is 0 Å². The Labute approximate surface area is 163 Å². The van der Waals surface area contributed by atoms with Crippen molar-refractivity contribution < 1.29 is 23.8 Å². The average Bonchev–Trinajstić information content (AvgIpc) is 2.76. The highest BCUT2D eigenvalue weighted by Gasteiger charge is 2.09. The second-order valence-electron chi connectivity index (χ2n) is 5.89. The molecule has 0 aromatic heterocycles. The second-order valence-corrected chi connectivity index (χ2v) is 5.89. The van der Waals surface area contributed by atoms with Crippen LogP contribution in [0.15, 0.2) is 84.9 Å². The highest BCUT2D eigenvalue weighted by Crippen LogP contribution is 2.15. The second kappa shape index (κ2) is 9.92. The van der Waals surface area contributed by atoms with E-state index in [-0.39, 0.29) is 25.6 Å². The molecular weight excluding hydrogens is 356 g/mol. The smallest absolute Gasteiger partial charge is 0.344 e. The van der Waals surface area contributed by atoms with Gasteiger partial charge in [0.05, 0.1) is 0 Å². The molecule has 28 heavy (non-hydrogen) atoms. The molecule has 0 aliphatic carbocycles. The standard InChI is InChI=1S/C23H20O5/c24-22(27-16-15-26-20-9-5-2-6-10-20)17-28-21-13-11-19(12-14-21)23(25)18-7-3-1-4-8-18/h1-14H,15-17H2. The summed E-state index contributed by atoms with van der Waals surface area (Å²) in [6.07, 6.45) is 0. The molecule has 0 unspecified atom stereocenters.